The molecule has 0 aliphatic heterocycles. The van der Waals surface area contributed by atoms with E-state index in [0.29, 0.717) is 17.1 Å². The molecule has 98 valence electrons. The summed E-state index contributed by atoms with van der Waals surface area (Å²) in [5.74, 6) is -0.0435. The molecule has 0 saturated carbocycles. The van der Waals surface area contributed by atoms with Crippen molar-refractivity contribution in [3.8, 4) is 11.5 Å². The molecule has 0 aliphatic carbocycles. The third kappa shape index (κ3) is 2.82. The van der Waals surface area contributed by atoms with E-state index in [-0.39, 0.29) is 17.1 Å². The molecule has 5 heteroatoms. The number of rotatable bonds is 3. The van der Waals surface area contributed by atoms with E-state index in [4.69, 9.17) is 16.2 Å². The lowest BCUT2D eigenvalue weighted by molar-refractivity contribution is 0.100. The first-order valence-corrected chi connectivity index (χ1v) is 5.60. The molecule has 1 amide bonds. The van der Waals surface area contributed by atoms with Crippen LogP contribution in [-0.2, 0) is 0 Å². The van der Waals surface area contributed by atoms with Crippen LogP contribution in [0.3, 0.4) is 0 Å². The lowest BCUT2D eigenvalue weighted by Crippen LogP contribution is -2.13. The minimum Gasteiger partial charge on any atom is -0.457 e. The summed E-state index contributed by atoms with van der Waals surface area (Å²) in [4.78, 5) is 11.2. The van der Waals surface area contributed by atoms with Crippen molar-refractivity contribution in [1.82, 2.24) is 0 Å². The molecule has 0 saturated heterocycles. The van der Waals surface area contributed by atoms with Gasteiger partial charge in [-0.2, -0.15) is 0 Å². The van der Waals surface area contributed by atoms with E-state index in [1.54, 1.807) is 13.0 Å². The summed E-state index contributed by atoms with van der Waals surface area (Å²) in [5.41, 5.74) is 12.0. The summed E-state index contributed by atoms with van der Waals surface area (Å²) in [6.07, 6.45) is 0. The molecule has 0 heterocycles. The van der Waals surface area contributed by atoms with Crippen molar-refractivity contribution >= 4 is 11.6 Å². The molecule has 2 rings (SSSR count). The molecular weight excluding hydrogens is 247 g/mol. The van der Waals surface area contributed by atoms with E-state index >= 15 is 0 Å². The highest BCUT2D eigenvalue weighted by atomic mass is 19.1. The van der Waals surface area contributed by atoms with Crippen molar-refractivity contribution in [2.75, 3.05) is 5.73 Å². The van der Waals surface area contributed by atoms with Crippen LogP contribution < -0.4 is 16.2 Å². The molecule has 0 unspecified atom stereocenters. The number of hydrogen-bond donors (Lipinski definition) is 2. The van der Waals surface area contributed by atoms with Crippen molar-refractivity contribution in [1.29, 1.82) is 0 Å². The zero-order valence-corrected chi connectivity index (χ0v) is 10.3. The number of halogens is 1. The fourth-order valence-corrected chi connectivity index (χ4v) is 1.67. The van der Waals surface area contributed by atoms with E-state index in [9.17, 15) is 9.18 Å². The second-order valence-electron chi connectivity index (χ2n) is 4.13. The Labute approximate surface area is 109 Å². The normalized spacial score (nSPS) is 10.2. The Balaban J connectivity index is 2.33. The topological polar surface area (TPSA) is 78.3 Å². The molecule has 0 spiro atoms. The zero-order chi connectivity index (χ0) is 14.0. The number of anilines is 1. The highest BCUT2D eigenvalue weighted by molar-refractivity contribution is 5.98. The van der Waals surface area contributed by atoms with Crippen LogP contribution in [0.25, 0.3) is 0 Å². The lowest BCUT2D eigenvalue weighted by atomic mass is 10.1. The van der Waals surface area contributed by atoms with Crippen LogP contribution in [0.4, 0.5) is 10.1 Å². The summed E-state index contributed by atoms with van der Waals surface area (Å²) in [5, 5.41) is 0. The van der Waals surface area contributed by atoms with Crippen LogP contribution >= 0.6 is 0 Å². The van der Waals surface area contributed by atoms with Crippen molar-refractivity contribution in [3.05, 3.63) is 53.3 Å². The minimum absolute atomic E-state index is 0.192. The van der Waals surface area contributed by atoms with E-state index in [1.807, 2.05) is 0 Å². The maximum absolute atomic E-state index is 13.0. The second kappa shape index (κ2) is 4.97. The Hall–Kier alpha value is -2.56. The average molecular weight is 260 g/mol. The fourth-order valence-electron chi connectivity index (χ4n) is 1.67. The molecule has 0 radical (unpaired) electrons. The van der Waals surface area contributed by atoms with Crippen LogP contribution in [0.15, 0.2) is 36.4 Å². The van der Waals surface area contributed by atoms with Gasteiger partial charge in [-0.15, -0.1) is 0 Å². The standard InChI is InChI=1S/C14H13FN2O2/c1-8-6-9(15)2-5-13(8)19-10-3-4-12(16)11(7-10)14(17)18/h2-7H,16H2,1H3,(H2,17,18). The predicted molar refractivity (Wildman–Crippen MR) is 70.6 cm³/mol. The molecule has 4 nitrogen and oxygen atoms in total. The number of aryl methyl sites for hydroxylation is 1. The number of carbonyl (C=O) groups excluding carboxylic acids is 1. The summed E-state index contributed by atoms with van der Waals surface area (Å²) in [6, 6.07) is 8.79. The third-order valence-electron chi connectivity index (χ3n) is 2.66. The van der Waals surface area contributed by atoms with Crippen LogP contribution in [0.5, 0.6) is 11.5 Å². The van der Waals surface area contributed by atoms with Crippen LogP contribution in [0, 0.1) is 12.7 Å². The van der Waals surface area contributed by atoms with Crippen molar-refractivity contribution in [2.24, 2.45) is 5.73 Å². The van der Waals surface area contributed by atoms with Gasteiger partial charge in [-0.3, -0.25) is 4.79 Å². The van der Waals surface area contributed by atoms with E-state index in [0.717, 1.165) is 0 Å². The van der Waals surface area contributed by atoms with Gasteiger partial charge in [0.05, 0.1) is 5.56 Å². The second-order valence-corrected chi connectivity index (χ2v) is 4.13. The number of ether oxygens (including phenoxy) is 1. The first-order valence-electron chi connectivity index (χ1n) is 5.60. The lowest BCUT2D eigenvalue weighted by Gasteiger charge is -2.10. The predicted octanol–water partition coefficient (Wildman–Crippen LogP) is 2.61. The summed E-state index contributed by atoms with van der Waals surface area (Å²) in [7, 11) is 0. The molecule has 0 fully saturated rings. The van der Waals surface area contributed by atoms with Gasteiger partial charge in [-0.05, 0) is 48.9 Å². The van der Waals surface area contributed by atoms with Crippen molar-refractivity contribution < 1.29 is 13.9 Å². The van der Waals surface area contributed by atoms with E-state index in [2.05, 4.69) is 0 Å². The molecule has 4 N–H and O–H groups in total. The average Bonchev–Trinajstić information content (AvgIpc) is 2.34. The maximum atomic E-state index is 13.0. The smallest absolute Gasteiger partial charge is 0.250 e. The Kier molecular flexibility index (Phi) is 3.37. The molecule has 0 aliphatic rings. The largest absolute Gasteiger partial charge is 0.457 e. The van der Waals surface area contributed by atoms with Gasteiger partial charge >= 0.3 is 0 Å². The quantitative estimate of drug-likeness (QED) is 0.832. The zero-order valence-electron chi connectivity index (χ0n) is 10.3. The van der Waals surface area contributed by atoms with Gasteiger partial charge in [0.2, 0.25) is 0 Å². The Morgan fingerprint density at radius 1 is 1.21 bits per heavy atom. The summed E-state index contributed by atoms with van der Waals surface area (Å²) in [6.45, 7) is 1.73. The Morgan fingerprint density at radius 3 is 2.58 bits per heavy atom. The number of carbonyl (C=O) groups is 1. The minimum atomic E-state index is -0.626. The number of nitrogens with two attached hydrogens (primary N) is 2. The van der Waals surface area contributed by atoms with Gasteiger partial charge in [0.1, 0.15) is 17.3 Å². The summed E-state index contributed by atoms with van der Waals surface area (Å²) >= 11 is 0. The molecule has 0 aromatic heterocycles. The molecule has 2 aromatic carbocycles. The number of benzene rings is 2. The number of nitrogen functional groups attached to an aromatic ring is 1. The molecule has 19 heavy (non-hydrogen) atoms. The maximum Gasteiger partial charge on any atom is 0.250 e. The van der Waals surface area contributed by atoms with E-state index < -0.39 is 5.91 Å². The first kappa shape index (κ1) is 12.9. The highest BCUT2D eigenvalue weighted by Crippen LogP contribution is 2.27. The SMILES string of the molecule is Cc1cc(F)ccc1Oc1ccc(N)c(C(N)=O)c1. The van der Waals surface area contributed by atoms with Gasteiger partial charge in [-0.1, -0.05) is 0 Å². The van der Waals surface area contributed by atoms with Crippen LogP contribution in [0.1, 0.15) is 15.9 Å². The highest BCUT2D eigenvalue weighted by Gasteiger charge is 2.09. The van der Waals surface area contributed by atoms with Gasteiger partial charge in [0.25, 0.3) is 5.91 Å². The van der Waals surface area contributed by atoms with Crippen LogP contribution in [0.2, 0.25) is 0 Å². The molecular formula is C14H13FN2O2. The number of amides is 1. The van der Waals surface area contributed by atoms with Crippen molar-refractivity contribution in [2.45, 2.75) is 6.92 Å². The van der Waals surface area contributed by atoms with Gasteiger partial charge in [0, 0.05) is 5.69 Å². The number of primary amides is 1. The third-order valence-corrected chi connectivity index (χ3v) is 2.66. The van der Waals surface area contributed by atoms with Crippen LogP contribution in [-0.4, -0.2) is 5.91 Å². The monoisotopic (exact) mass is 260 g/mol. The van der Waals surface area contributed by atoms with E-state index in [1.165, 1.54) is 30.3 Å². The van der Waals surface area contributed by atoms with Crippen molar-refractivity contribution in [3.63, 3.8) is 0 Å². The fraction of sp³-hybridized carbons (Fsp3) is 0.0714. The van der Waals surface area contributed by atoms with Gasteiger partial charge in [0.15, 0.2) is 0 Å². The summed E-state index contributed by atoms with van der Waals surface area (Å²) < 4.78 is 18.6. The van der Waals surface area contributed by atoms with Gasteiger partial charge in [-0.25, -0.2) is 4.39 Å². The molecule has 2 aromatic rings. The molecule has 0 atom stereocenters. The first-order chi connectivity index (χ1) is 8.97. The molecule has 0 bridgehead atoms. The Bertz CT molecular complexity index is 641. The van der Waals surface area contributed by atoms with Gasteiger partial charge < -0.3 is 16.2 Å². The number of hydrogen-bond acceptors (Lipinski definition) is 3. The Morgan fingerprint density at radius 2 is 1.95 bits per heavy atom.